The van der Waals surface area contributed by atoms with Crippen LogP contribution in [0.15, 0.2) is 24.3 Å². The Kier molecular flexibility index (Phi) is 7.89. The lowest BCUT2D eigenvalue weighted by Gasteiger charge is -2.13. The van der Waals surface area contributed by atoms with Gasteiger partial charge in [0.2, 0.25) is 5.91 Å². The second-order valence-corrected chi connectivity index (χ2v) is 8.40. The van der Waals surface area contributed by atoms with E-state index < -0.39 is 6.04 Å². The average Bonchev–Trinajstić information content (AvgIpc) is 3.12. The topological polar surface area (TPSA) is 124 Å². The van der Waals surface area contributed by atoms with Gasteiger partial charge >= 0.3 is 0 Å². The van der Waals surface area contributed by atoms with Crippen LogP contribution in [0.4, 0.5) is 5.82 Å². The summed E-state index contributed by atoms with van der Waals surface area (Å²) in [5.41, 5.74) is 14.7. The summed E-state index contributed by atoms with van der Waals surface area (Å²) in [5, 5.41) is 7.32. The lowest BCUT2D eigenvalue weighted by atomic mass is 10.2. The Morgan fingerprint density at radius 2 is 2.07 bits per heavy atom. The highest BCUT2D eigenvalue weighted by atomic mass is 32.2. The lowest BCUT2D eigenvalue weighted by Crippen LogP contribution is -2.42. The third-order valence-electron chi connectivity index (χ3n) is 4.92. The van der Waals surface area contributed by atoms with Gasteiger partial charge in [0.1, 0.15) is 11.3 Å². The number of benzene rings is 1. The molecule has 162 valence electrons. The predicted octanol–water partition coefficient (Wildman–Crippen LogP) is 1.86. The molecule has 30 heavy (non-hydrogen) atoms. The van der Waals surface area contributed by atoms with Crippen LogP contribution in [0, 0.1) is 0 Å². The molecule has 2 heterocycles. The van der Waals surface area contributed by atoms with E-state index in [9.17, 15) is 4.79 Å². The van der Waals surface area contributed by atoms with Gasteiger partial charge in [-0.3, -0.25) is 4.79 Å². The van der Waals surface area contributed by atoms with Crippen LogP contribution < -0.4 is 22.1 Å². The molecule has 0 bridgehead atoms. The minimum atomic E-state index is -0.469. The van der Waals surface area contributed by atoms with Gasteiger partial charge in [0.15, 0.2) is 5.82 Å². The van der Waals surface area contributed by atoms with Crippen LogP contribution in [0.1, 0.15) is 26.1 Å². The summed E-state index contributed by atoms with van der Waals surface area (Å²) in [6.45, 7) is 6.88. The summed E-state index contributed by atoms with van der Waals surface area (Å²) in [6.07, 6.45) is 0.764. The molecule has 2 aromatic heterocycles. The maximum absolute atomic E-state index is 12.1. The van der Waals surface area contributed by atoms with Crippen LogP contribution >= 0.6 is 11.8 Å². The molecular formula is C21H31N7OS. The molecule has 1 atom stereocenters. The van der Waals surface area contributed by atoms with Crippen LogP contribution in [0.25, 0.3) is 21.9 Å². The van der Waals surface area contributed by atoms with Crippen molar-refractivity contribution in [3.8, 4) is 0 Å². The molecule has 0 aliphatic heterocycles. The van der Waals surface area contributed by atoms with Gasteiger partial charge in [0.25, 0.3) is 0 Å². The van der Waals surface area contributed by atoms with E-state index in [-0.39, 0.29) is 5.91 Å². The highest BCUT2D eigenvalue weighted by Gasteiger charge is 2.17. The average molecular weight is 430 g/mol. The van der Waals surface area contributed by atoms with Gasteiger partial charge in [-0.2, -0.15) is 11.8 Å². The van der Waals surface area contributed by atoms with E-state index >= 15 is 0 Å². The second kappa shape index (κ2) is 10.6. The van der Waals surface area contributed by atoms with Gasteiger partial charge in [-0.25, -0.2) is 9.97 Å². The SMILES string of the molecule is CCNCc1nc2c(N)nc3ccccc3c2n1CCCNC(=O)[C@@H](N)CSCC. The molecule has 0 spiro atoms. The maximum Gasteiger partial charge on any atom is 0.237 e. The molecule has 0 unspecified atom stereocenters. The summed E-state index contributed by atoms with van der Waals surface area (Å²) in [4.78, 5) is 21.4. The standard InChI is InChI=1S/C21H31N7OS/c1-3-24-12-17-27-18-19(14-8-5-6-9-16(14)26-20(18)23)28(17)11-7-10-25-21(29)15(22)13-30-4-2/h5-6,8-9,15,24H,3-4,7,10-13,22H2,1-2H3,(H2,23,26)(H,25,29)/t15-/m0/s1. The number of carbonyl (C=O) groups excluding carboxylic acids is 1. The highest BCUT2D eigenvalue weighted by Crippen LogP contribution is 2.28. The first kappa shape index (κ1) is 22.3. The summed E-state index contributed by atoms with van der Waals surface area (Å²) >= 11 is 1.67. The number of hydrogen-bond acceptors (Lipinski definition) is 7. The Morgan fingerprint density at radius 3 is 2.83 bits per heavy atom. The van der Waals surface area contributed by atoms with E-state index in [1.807, 2.05) is 24.3 Å². The van der Waals surface area contributed by atoms with Crippen LogP contribution in [0.5, 0.6) is 0 Å². The van der Waals surface area contributed by atoms with Crippen molar-refractivity contribution in [2.45, 2.75) is 39.4 Å². The number of hydrogen-bond donors (Lipinski definition) is 4. The number of fused-ring (bicyclic) bond motifs is 3. The summed E-state index contributed by atoms with van der Waals surface area (Å²) < 4.78 is 2.19. The summed E-state index contributed by atoms with van der Waals surface area (Å²) in [7, 11) is 0. The number of thioether (sulfide) groups is 1. The molecule has 6 N–H and O–H groups in total. The molecule has 8 nitrogen and oxygen atoms in total. The van der Waals surface area contributed by atoms with E-state index in [1.165, 1.54) is 0 Å². The van der Waals surface area contributed by atoms with Crippen LogP contribution in [0.2, 0.25) is 0 Å². The number of amides is 1. The zero-order chi connectivity index (χ0) is 21.5. The Hall–Kier alpha value is -2.36. The zero-order valence-corrected chi connectivity index (χ0v) is 18.5. The molecule has 3 rings (SSSR count). The minimum absolute atomic E-state index is 0.0989. The fraction of sp³-hybridized carbons (Fsp3) is 0.476. The number of imidazole rings is 1. The van der Waals surface area contributed by atoms with Crippen molar-refractivity contribution >= 4 is 45.4 Å². The molecule has 3 aromatic rings. The molecule has 1 amide bonds. The van der Waals surface area contributed by atoms with E-state index in [2.05, 4.69) is 34.0 Å². The van der Waals surface area contributed by atoms with Crippen LogP contribution in [-0.4, -0.2) is 51.1 Å². The number of nitrogen functional groups attached to an aromatic ring is 1. The highest BCUT2D eigenvalue weighted by molar-refractivity contribution is 7.99. The van der Waals surface area contributed by atoms with Gasteiger partial charge in [0, 0.05) is 24.2 Å². The summed E-state index contributed by atoms with van der Waals surface area (Å²) in [5.74, 6) is 2.85. The Labute approximate surface area is 181 Å². The van der Waals surface area contributed by atoms with Gasteiger partial charge in [-0.15, -0.1) is 0 Å². The Balaban J connectivity index is 1.80. The number of anilines is 1. The van der Waals surface area contributed by atoms with E-state index in [0.29, 0.717) is 31.2 Å². The number of nitrogens with two attached hydrogens (primary N) is 2. The largest absolute Gasteiger partial charge is 0.382 e. The fourth-order valence-electron chi connectivity index (χ4n) is 3.42. The lowest BCUT2D eigenvalue weighted by molar-refractivity contribution is -0.121. The maximum atomic E-state index is 12.1. The number of rotatable bonds is 11. The molecule has 1 aromatic carbocycles. The number of aromatic nitrogens is 3. The predicted molar refractivity (Wildman–Crippen MR) is 125 cm³/mol. The van der Waals surface area contributed by atoms with Gasteiger partial charge in [0.05, 0.1) is 23.6 Å². The summed E-state index contributed by atoms with van der Waals surface area (Å²) in [6, 6.07) is 7.49. The number of pyridine rings is 1. The quantitative estimate of drug-likeness (QED) is 0.343. The first-order chi connectivity index (χ1) is 14.6. The number of nitrogens with zero attached hydrogens (tertiary/aromatic N) is 3. The molecule has 0 saturated carbocycles. The minimum Gasteiger partial charge on any atom is -0.382 e. The first-order valence-electron chi connectivity index (χ1n) is 10.4. The Morgan fingerprint density at radius 1 is 1.27 bits per heavy atom. The van der Waals surface area contributed by atoms with Crippen molar-refractivity contribution < 1.29 is 4.79 Å². The molecule has 0 aliphatic rings. The first-order valence-corrected chi connectivity index (χ1v) is 11.6. The van der Waals surface area contributed by atoms with Gasteiger partial charge in [-0.1, -0.05) is 32.0 Å². The van der Waals surface area contributed by atoms with Crippen LogP contribution in [0.3, 0.4) is 0 Å². The van der Waals surface area contributed by atoms with Crippen molar-refractivity contribution in [1.82, 2.24) is 25.2 Å². The smallest absolute Gasteiger partial charge is 0.237 e. The second-order valence-electron chi connectivity index (χ2n) is 7.08. The molecule has 0 aliphatic carbocycles. The van der Waals surface area contributed by atoms with Gasteiger partial charge in [-0.05, 0) is 24.8 Å². The van der Waals surface area contributed by atoms with Crippen molar-refractivity contribution in [2.75, 3.05) is 30.3 Å². The number of nitrogens with one attached hydrogen (secondary N) is 2. The third-order valence-corrected chi connectivity index (χ3v) is 5.92. The van der Waals surface area contributed by atoms with Crippen molar-refractivity contribution in [3.05, 3.63) is 30.1 Å². The molecule has 0 saturated heterocycles. The molecular weight excluding hydrogens is 398 g/mol. The molecule has 0 radical (unpaired) electrons. The molecule has 9 heteroatoms. The number of aryl methyl sites for hydroxylation is 1. The van der Waals surface area contributed by atoms with Crippen LogP contribution in [-0.2, 0) is 17.9 Å². The number of para-hydroxylation sites is 1. The fourth-order valence-corrected chi connectivity index (χ4v) is 4.06. The van der Waals surface area contributed by atoms with E-state index in [1.54, 1.807) is 11.8 Å². The molecule has 0 fully saturated rings. The van der Waals surface area contributed by atoms with Gasteiger partial charge < -0.3 is 26.7 Å². The van der Waals surface area contributed by atoms with Crippen molar-refractivity contribution in [3.63, 3.8) is 0 Å². The van der Waals surface area contributed by atoms with Crippen molar-refractivity contribution in [1.29, 1.82) is 0 Å². The normalized spacial score (nSPS) is 12.5. The zero-order valence-electron chi connectivity index (χ0n) is 17.6. The Bertz CT molecular complexity index is 1000. The van der Waals surface area contributed by atoms with E-state index in [0.717, 1.165) is 46.5 Å². The monoisotopic (exact) mass is 429 g/mol. The third kappa shape index (κ3) is 5.03. The van der Waals surface area contributed by atoms with E-state index in [4.69, 9.17) is 16.5 Å². The van der Waals surface area contributed by atoms with Crippen molar-refractivity contribution in [2.24, 2.45) is 5.73 Å². The number of carbonyl (C=O) groups is 1.